The Morgan fingerprint density at radius 2 is 2.00 bits per heavy atom. The highest BCUT2D eigenvalue weighted by Gasteiger charge is 2.16. The molecule has 6 heteroatoms. The van der Waals surface area contributed by atoms with E-state index in [1.54, 1.807) is 11.3 Å². The minimum absolute atomic E-state index is 0.201. The molecular weight excluding hydrogens is 310 g/mol. The maximum absolute atomic E-state index is 11.7. The zero-order valence-electron chi connectivity index (χ0n) is 13.9. The van der Waals surface area contributed by atoms with E-state index in [0.717, 1.165) is 23.5 Å². The van der Waals surface area contributed by atoms with Crippen molar-refractivity contribution in [1.29, 1.82) is 0 Å². The van der Waals surface area contributed by atoms with Gasteiger partial charge in [0.15, 0.2) is 0 Å². The molecule has 1 heterocycles. The quantitative estimate of drug-likeness (QED) is 0.854. The molecule has 0 spiro atoms. The van der Waals surface area contributed by atoms with Gasteiger partial charge in [0.1, 0.15) is 5.60 Å². The molecule has 1 aromatic carbocycles. The number of hydrogen-bond acceptors (Lipinski definition) is 5. The molecule has 124 valence electrons. The summed E-state index contributed by atoms with van der Waals surface area (Å²) in [7, 11) is 0. The summed E-state index contributed by atoms with van der Waals surface area (Å²) in [4.78, 5) is 16.0. The van der Waals surface area contributed by atoms with E-state index in [9.17, 15) is 4.79 Å². The maximum Gasteiger partial charge on any atom is 0.412 e. The largest absolute Gasteiger partial charge is 0.444 e. The van der Waals surface area contributed by atoms with E-state index >= 15 is 0 Å². The van der Waals surface area contributed by atoms with Crippen molar-refractivity contribution in [3.63, 3.8) is 0 Å². The molecule has 2 rings (SSSR count). The molecule has 2 aromatic rings. The number of nitrogens with one attached hydrogen (secondary N) is 2. The number of ether oxygens (including phenoxy) is 1. The van der Waals surface area contributed by atoms with E-state index in [-0.39, 0.29) is 6.04 Å². The molecule has 0 bridgehead atoms. The first-order valence-electron chi connectivity index (χ1n) is 7.54. The van der Waals surface area contributed by atoms with Crippen molar-refractivity contribution in [3.05, 3.63) is 46.4 Å². The minimum Gasteiger partial charge on any atom is -0.444 e. The van der Waals surface area contributed by atoms with Gasteiger partial charge < -0.3 is 10.1 Å². The topological polar surface area (TPSA) is 63.2 Å². The molecule has 0 radical (unpaired) electrons. The Bertz CT molecular complexity index is 618. The predicted molar refractivity (Wildman–Crippen MR) is 93.7 cm³/mol. The van der Waals surface area contributed by atoms with Crippen LogP contribution in [0.1, 0.15) is 45.0 Å². The summed E-state index contributed by atoms with van der Waals surface area (Å²) in [5.41, 5.74) is 4.24. The highest BCUT2D eigenvalue weighted by molar-refractivity contribution is 7.07. The van der Waals surface area contributed by atoms with Crippen molar-refractivity contribution >= 4 is 23.1 Å². The molecule has 2 N–H and O–H groups in total. The fourth-order valence-electron chi connectivity index (χ4n) is 1.98. The predicted octanol–water partition coefficient (Wildman–Crippen LogP) is 4.34. The molecule has 23 heavy (non-hydrogen) atoms. The van der Waals surface area contributed by atoms with Gasteiger partial charge in [-0.25, -0.2) is 9.78 Å². The average Bonchev–Trinajstić information content (AvgIpc) is 2.96. The molecule has 0 aliphatic heterocycles. The number of anilines is 1. The van der Waals surface area contributed by atoms with E-state index in [4.69, 9.17) is 4.74 Å². The van der Waals surface area contributed by atoms with Gasteiger partial charge in [0.05, 0.1) is 11.2 Å². The average molecular weight is 333 g/mol. The lowest BCUT2D eigenvalue weighted by atomic mass is 10.1. The molecule has 1 amide bonds. The van der Waals surface area contributed by atoms with Crippen molar-refractivity contribution < 1.29 is 9.53 Å². The van der Waals surface area contributed by atoms with Crippen molar-refractivity contribution in [2.75, 3.05) is 5.32 Å². The van der Waals surface area contributed by atoms with Crippen molar-refractivity contribution in [1.82, 2.24) is 10.3 Å². The summed E-state index contributed by atoms with van der Waals surface area (Å²) >= 11 is 1.60. The maximum atomic E-state index is 11.7. The number of aromatic nitrogens is 1. The van der Waals surface area contributed by atoms with E-state index in [0.29, 0.717) is 0 Å². The molecule has 0 fully saturated rings. The van der Waals surface area contributed by atoms with E-state index < -0.39 is 11.7 Å². The summed E-state index contributed by atoms with van der Waals surface area (Å²) in [6.07, 6.45) is -0.444. The summed E-state index contributed by atoms with van der Waals surface area (Å²) in [6, 6.07) is 7.93. The van der Waals surface area contributed by atoms with Gasteiger partial charge in [-0.1, -0.05) is 12.1 Å². The van der Waals surface area contributed by atoms with Gasteiger partial charge in [-0.05, 0) is 45.4 Å². The van der Waals surface area contributed by atoms with Crippen LogP contribution in [0.3, 0.4) is 0 Å². The zero-order chi connectivity index (χ0) is 16.9. The molecule has 0 aliphatic rings. The summed E-state index contributed by atoms with van der Waals surface area (Å²) in [5.74, 6) is 0. The first kappa shape index (κ1) is 17.4. The molecule has 1 unspecified atom stereocenters. The lowest BCUT2D eigenvalue weighted by molar-refractivity contribution is 0.0636. The van der Waals surface area contributed by atoms with Crippen LogP contribution in [0.25, 0.3) is 0 Å². The van der Waals surface area contributed by atoms with Crippen LogP contribution >= 0.6 is 11.3 Å². The Hall–Kier alpha value is -1.92. The smallest absolute Gasteiger partial charge is 0.412 e. The third-order valence-corrected chi connectivity index (χ3v) is 3.76. The van der Waals surface area contributed by atoms with Gasteiger partial charge in [0.2, 0.25) is 0 Å². The normalized spacial score (nSPS) is 12.7. The third kappa shape index (κ3) is 6.00. The third-order valence-electron chi connectivity index (χ3n) is 3.13. The SMILES string of the molecule is CC(NCc1cscn1)c1ccc(NC(=O)OC(C)(C)C)cc1. The lowest BCUT2D eigenvalue weighted by Crippen LogP contribution is -2.27. The van der Waals surface area contributed by atoms with Crippen LogP contribution < -0.4 is 10.6 Å². The summed E-state index contributed by atoms with van der Waals surface area (Å²) in [5, 5.41) is 8.19. The first-order chi connectivity index (χ1) is 10.8. The fraction of sp³-hybridized carbons (Fsp3) is 0.412. The van der Waals surface area contributed by atoms with Gasteiger partial charge in [0, 0.05) is 23.7 Å². The number of carbonyl (C=O) groups is 1. The van der Waals surface area contributed by atoms with E-state index in [1.165, 1.54) is 0 Å². The van der Waals surface area contributed by atoms with Crippen molar-refractivity contribution in [3.8, 4) is 0 Å². The van der Waals surface area contributed by atoms with E-state index in [2.05, 4.69) is 22.5 Å². The Morgan fingerprint density at radius 1 is 1.30 bits per heavy atom. The van der Waals surface area contributed by atoms with Gasteiger partial charge in [0.25, 0.3) is 0 Å². The zero-order valence-corrected chi connectivity index (χ0v) is 14.7. The minimum atomic E-state index is -0.502. The molecule has 0 saturated heterocycles. The summed E-state index contributed by atoms with van der Waals surface area (Å²) < 4.78 is 5.23. The lowest BCUT2D eigenvalue weighted by Gasteiger charge is -2.20. The highest BCUT2D eigenvalue weighted by Crippen LogP contribution is 2.17. The van der Waals surface area contributed by atoms with E-state index in [1.807, 2.05) is 55.9 Å². The number of amides is 1. The second kappa shape index (κ2) is 7.57. The number of thiazole rings is 1. The van der Waals surface area contributed by atoms with Crippen molar-refractivity contribution in [2.45, 2.75) is 45.9 Å². The van der Waals surface area contributed by atoms with Crippen LogP contribution in [0.15, 0.2) is 35.2 Å². The standard InChI is InChI=1S/C17H23N3O2S/c1-12(18-9-15-10-23-11-19-15)13-5-7-14(8-6-13)20-16(21)22-17(2,3)4/h5-8,10-12,18H,9H2,1-4H3,(H,20,21). The molecule has 0 aliphatic carbocycles. The number of carbonyl (C=O) groups excluding carboxylic acids is 1. The Morgan fingerprint density at radius 3 is 2.57 bits per heavy atom. The van der Waals surface area contributed by atoms with Crippen LogP contribution in [-0.2, 0) is 11.3 Å². The van der Waals surface area contributed by atoms with Gasteiger partial charge in [-0.3, -0.25) is 5.32 Å². The number of benzene rings is 1. The van der Waals surface area contributed by atoms with Crippen LogP contribution in [0.2, 0.25) is 0 Å². The molecular formula is C17H23N3O2S. The van der Waals surface area contributed by atoms with Gasteiger partial charge >= 0.3 is 6.09 Å². The fourth-order valence-corrected chi connectivity index (χ4v) is 2.54. The molecule has 1 aromatic heterocycles. The van der Waals surface area contributed by atoms with Crippen LogP contribution in [0.5, 0.6) is 0 Å². The Balaban J connectivity index is 1.87. The van der Waals surface area contributed by atoms with Crippen LogP contribution in [0.4, 0.5) is 10.5 Å². The second-order valence-corrected chi connectivity index (χ2v) is 7.05. The number of hydrogen-bond donors (Lipinski definition) is 2. The van der Waals surface area contributed by atoms with Crippen LogP contribution in [-0.4, -0.2) is 16.7 Å². The number of rotatable bonds is 5. The summed E-state index contributed by atoms with van der Waals surface area (Å²) in [6.45, 7) is 8.35. The monoisotopic (exact) mass is 333 g/mol. The van der Waals surface area contributed by atoms with Crippen molar-refractivity contribution in [2.24, 2.45) is 0 Å². The second-order valence-electron chi connectivity index (χ2n) is 6.33. The molecule has 5 nitrogen and oxygen atoms in total. The Kier molecular flexibility index (Phi) is 5.74. The number of nitrogens with zero attached hydrogens (tertiary/aromatic N) is 1. The van der Waals surface area contributed by atoms with Gasteiger partial charge in [-0.15, -0.1) is 11.3 Å². The molecule has 1 atom stereocenters. The first-order valence-corrected chi connectivity index (χ1v) is 8.48. The molecule has 0 saturated carbocycles. The Labute approximate surface area is 141 Å². The van der Waals surface area contributed by atoms with Crippen LogP contribution in [0, 0.1) is 0 Å². The van der Waals surface area contributed by atoms with Gasteiger partial charge in [-0.2, -0.15) is 0 Å². The highest BCUT2D eigenvalue weighted by atomic mass is 32.1.